The van der Waals surface area contributed by atoms with E-state index in [9.17, 15) is 0 Å². The van der Waals surface area contributed by atoms with Crippen LogP contribution in [0.25, 0.3) is 0 Å². The van der Waals surface area contributed by atoms with Gasteiger partial charge < -0.3 is 19.3 Å². The molecule has 0 aliphatic carbocycles. The zero-order valence-electron chi connectivity index (χ0n) is 9.11. The van der Waals surface area contributed by atoms with Crippen LogP contribution >= 0.6 is 0 Å². The highest BCUT2D eigenvalue weighted by molar-refractivity contribution is 4.87. The summed E-state index contributed by atoms with van der Waals surface area (Å²) in [5, 5.41) is 0. The minimum absolute atomic E-state index is 0.679. The van der Waals surface area contributed by atoms with E-state index in [0.29, 0.717) is 13.2 Å². The predicted molar refractivity (Wildman–Crippen MR) is 56.0 cm³/mol. The molecule has 0 spiro atoms. The fraction of sp³-hybridized carbons (Fsp3) is 0.800. The first-order valence-electron chi connectivity index (χ1n) is 5.02. The number of hydrogen-bond acceptors (Lipinski definition) is 4. The Hall–Kier alpha value is -0.740. The predicted octanol–water partition coefficient (Wildman–Crippen LogP) is 0.368. The van der Waals surface area contributed by atoms with Crippen molar-refractivity contribution < 1.29 is 9.47 Å². The van der Waals surface area contributed by atoms with Gasteiger partial charge >= 0.3 is 0 Å². The van der Waals surface area contributed by atoms with E-state index in [1.165, 1.54) is 0 Å². The van der Waals surface area contributed by atoms with Crippen LogP contribution in [-0.2, 0) is 9.47 Å². The van der Waals surface area contributed by atoms with Gasteiger partial charge in [-0.1, -0.05) is 0 Å². The standard InChI is InChI=1S/C10H20N2O2/c1-11-3-5-12(6-4-11)7-8-14-10-9-13-2/h3,5H,4,6-10H2,1-2H3. The van der Waals surface area contributed by atoms with E-state index in [-0.39, 0.29) is 0 Å². The molecule has 0 saturated carbocycles. The number of hydrogen-bond donors (Lipinski definition) is 0. The first kappa shape index (κ1) is 11.3. The van der Waals surface area contributed by atoms with Crippen LogP contribution in [0.2, 0.25) is 0 Å². The van der Waals surface area contributed by atoms with Gasteiger partial charge in [0.1, 0.15) is 0 Å². The molecule has 0 unspecified atom stereocenters. The molecule has 82 valence electrons. The molecule has 1 rings (SSSR count). The maximum atomic E-state index is 5.39. The van der Waals surface area contributed by atoms with Gasteiger partial charge in [0.15, 0.2) is 0 Å². The van der Waals surface area contributed by atoms with Crippen LogP contribution in [0, 0.1) is 0 Å². The monoisotopic (exact) mass is 200 g/mol. The lowest BCUT2D eigenvalue weighted by Crippen LogP contribution is -2.34. The van der Waals surface area contributed by atoms with E-state index in [1.54, 1.807) is 7.11 Å². The first-order valence-corrected chi connectivity index (χ1v) is 5.02. The Morgan fingerprint density at radius 1 is 1.14 bits per heavy atom. The second kappa shape index (κ2) is 6.68. The van der Waals surface area contributed by atoms with Crippen LogP contribution in [0.15, 0.2) is 12.4 Å². The molecule has 1 heterocycles. The number of nitrogens with zero attached hydrogens (tertiary/aromatic N) is 2. The van der Waals surface area contributed by atoms with Crippen molar-refractivity contribution in [2.75, 3.05) is 53.6 Å². The molecular weight excluding hydrogens is 180 g/mol. The van der Waals surface area contributed by atoms with Crippen LogP contribution in [0.5, 0.6) is 0 Å². The van der Waals surface area contributed by atoms with E-state index in [2.05, 4.69) is 29.2 Å². The molecule has 0 aromatic carbocycles. The van der Waals surface area contributed by atoms with E-state index in [4.69, 9.17) is 9.47 Å². The molecule has 0 saturated heterocycles. The van der Waals surface area contributed by atoms with Crippen LogP contribution in [0.1, 0.15) is 0 Å². The molecule has 14 heavy (non-hydrogen) atoms. The van der Waals surface area contributed by atoms with Crippen molar-refractivity contribution in [3.05, 3.63) is 12.4 Å². The molecule has 4 heteroatoms. The van der Waals surface area contributed by atoms with Crippen molar-refractivity contribution in [1.29, 1.82) is 0 Å². The summed E-state index contributed by atoms with van der Waals surface area (Å²) < 4.78 is 10.3. The van der Waals surface area contributed by atoms with E-state index in [0.717, 1.165) is 26.2 Å². The Bertz CT molecular complexity index is 174. The van der Waals surface area contributed by atoms with Gasteiger partial charge in [-0.25, -0.2) is 0 Å². The summed E-state index contributed by atoms with van der Waals surface area (Å²) in [5.41, 5.74) is 0. The van der Waals surface area contributed by atoms with Crippen molar-refractivity contribution in [2.24, 2.45) is 0 Å². The molecule has 1 aliphatic heterocycles. The van der Waals surface area contributed by atoms with E-state index in [1.807, 2.05) is 0 Å². The average Bonchev–Trinajstić information content (AvgIpc) is 2.21. The molecule has 0 amide bonds. The average molecular weight is 200 g/mol. The molecule has 0 atom stereocenters. The van der Waals surface area contributed by atoms with E-state index < -0.39 is 0 Å². The molecular formula is C10H20N2O2. The zero-order valence-corrected chi connectivity index (χ0v) is 9.11. The van der Waals surface area contributed by atoms with Crippen molar-refractivity contribution in [1.82, 2.24) is 9.80 Å². The van der Waals surface area contributed by atoms with Gasteiger partial charge in [-0.05, 0) is 0 Å². The molecule has 0 fully saturated rings. The Labute approximate surface area is 86.1 Å². The second-order valence-electron chi connectivity index (χ2n) is 3.42. The molecule has 0 aromatic heterocycles. The molecule has 0 aromatic rings. The normalized spacial score (nSPS) is 16.4. The van der Waals surface area contributed by atoms with Gasteiger partial charge in [0.05, 0.1) is 19.8 Å². The summed E-state index contributed by atoms with van der Waals surface area (Å²) >= 11 is 0. The first-order chi connectivity index (χ1) is 6.83. The van der Waals surface area contributed by atoms with E-state index >= 15 is 0 Å². The summed E-state index contributed by atoms with van der Waals surface area (Å²) in [4.78, 5) is 4.45. The fourth-order valence-corrected chi connectivity index (χ4v) is 1.26. The van der Waals surface area contributed by atoms with Gasteiger partial charge in [0.2, 0.25) is 0 Å². The van der Waals surface area contributed by atoms with Crippen LogP contribution in [0.4, 0.5) is 0 Å². The molecule has 0 N–H and O–H groups in total. The highest BCUT2D eigenvalue weighted by atomic mass is 16.5. The number of rotatable bonds is 6. The quantitative estimate of drug-likeness (QED) is 0.578. The van der Waals surface area contributed by atoms with Crippen molar-refractivity contribution in [3.8, 4) is 0 Å². The minimum atomic E-state index is 0.679. The lowest BCUT2D eigenvalue weighted by molar-refractivity contribution is 0.0613. The Morgan fingerprint density at radius 2 is 2.00 bits per heavy atom. The number of methoxy groups -OCH3 is 1. The summed E-state index contributed by atoms with van der Waals surface area (Å²) in [7, 11) is 3.77. The highest BCUT2D eigenvalue weighted by Crippen LogP contribution is 1.99. The summed E-state index contributed by atoms with van der Waals surface area (Å²) in [6.45, 7) is 5.28. The third-order valence-electron chi connectivity index (χ3n) is 2.23. The third kappa shape index (κ3) is 4.48. The second-order valence-corrected chi connectivity index (χ2v) is 3.42. The lowest BCUT2D eigenvalue weighted by atomic mass is 10.4. The summed E-state index contributed by atoms with van der Waals surface area (Å²) in [5.74, 6) is 0. The fourth-order valence-electron chi connectivity index (χ4n) is 1.26. The summed E-state index contributed by atoms with van der Waals surface area (Å²) in [6, 6.07) is 0. The Kier molecular flexibility index (Phi) is 5.40. The molecule has 1 aliphatic rings. The molecule has 0 bridgehead atoms. The lowest BCUT2D eigenvalue weighted by Gasteiger charge is -2.28. The third-order valence-corrected chi connectivity index (χ3v) is 2.23. The van der Waals surface area contributed by atoms with Crippen LogP contribution < -0.4 is 0 Å². The van der Waals surface area contributed by atoms with Crippen LogP contribution in [-0.4, -0.2) is 63.4 Å². The molecule has 0 radical (unpaired) electrons. The van der Waals surface area contributed by atoms with Gasteiger partial charge in [-0.15, -0.1) is 0 Å². The van der Waals surface area contributed by atoms with Crippen LogP contribution in [0.3, 0.4) is 0 Å². The van der Waals surface area contributed by atoms with Gasteiger partial charge in [0.25, 0.3) is 0 Å². The van der Waals surface area contributed by atoms with Gasteiger partial charge in [-0.3, -0.25) is 0 Å². The van der Waals surface area contributed by atoms with Gasteiger partial charge in [-0.2, -0.15) is 0 Å². The maximum Gasteiger partial charge on any atom is 0.0701 e. The largest absolute Gasteiger partial charge is 0.382 e. The topological polar surface area (TPSA) is 24.9 Å². The minimum Gasteiger partial charge on any atom is -0.382 e. The van der Waals surface area contributed by atoms with Crippen molar-refractivity contribution >= 4 is 0 Å². The number of likely N-dealkylation sites (N-methyl/N-ethyl adjacent to an activating group) is 1. The zero-order chi connectivity index (χ0) is 10.2. The van der Waals surface area contributed by atoms with Crippen molar-refractivity contribution in [2.45, 2.75) is 0 Å². The maximum absolute atomic E-state index is 5.39. The highest BCUT2D eigenvalue weighted by Gasteiger charge is 2.05. The number of ether oxygens (including phenoxy) is 2. The smallest absolute Gasteiger partial charge is 0.0701 e. The Balaban J connectivity index is 1.99. The molecule has 4 nitrogen and oxygen atoms in total. The Morgan fingerprint density at radius 3 is 2.64 bits per heavy atom. The summed E-state index contributed by atoms with van der Waals surface area (Å²) in [6.07, 6.45) is 4.21. The van der Waals surface area contributed by atoms with Gasteiger partial charge in [0, 0.05) is 46.2 Å². The SMILES string of the molecule is COCCOCCN1C=CN(C)CC1. The van der Waals surface area contributed by atoms with Crippen molar-refractivity contribution in [3.63, 3.8) is 0 Å².